The number of benzene rings is 2. The van der Waals surface area contributed by atoms with E-state index >= 15 is 0 Å². The van der Waals surface area contributed by atoms with Gasteiger partial charge in [0.05, 0.1) is 0 Å². The minimum absolute atomic E-state index is 0.169. The summed E-state index contributed by atoms with van der Waals surface area (Å²) in [5.74, 6) is 1.77. The van der Waals surface area contributed by atoms with Crippen molar-refractivity contribution in [1.29, 1.82) is 0 Å². The Kier molecular flexibility index (Phi) is 6.07. The Morgan fingerprint density at radius 3 is 2.48 bits per heavy atom. The molecule has 0 aromatic heterocycles. The molecule has 23 heavy (non-hydrogen) atoms. The zero-order valence-electron chi connectivity index (χ0n) is 13.3. The maximum absolute atomic E-state index is 6.19. The van der Waals surface area contributed by atoms with Crippen molar-refractivity contribution in [2.45, 2.75) is 37.0 Å². The van der Waals surface area contributed by atoms with E-state index in [0.29, 0.717) is 6.10 Å². The molecule has 1 saturated carbocycles. The van der Waals surface area contributed by atoms with Gasteiger partial charge in [0, 0.05) is 0 Å². The van der Waals surface area contributed by atoms with E-state index in [4.69, 9.17) is 9.47 Å². The molecule has 0 saturated heterocycles. The van der Waals surface area contributed by atoms with Crippen molar-refractivity contribution in [3.63, 3.8) is 0 Å². The Morgan fingerprint density at radius 2 is 1.78 bits per heavy atom. The average Bonchev–Trinajstić information content (AvgIpc) is 3.07. The summed E-state index contributed by atoms with van der Waals surface area (Å²) < 4.78 is 14.3. The van der Waals surface area contributed by atoms with Crippen molar-refractivity contribution in [1.82, 2.24) is 0 Å². The molecular formula is C19H22AsBrO2. The standard InChI is InChI=1S/C19H22AsBrO2/c1-22-18-11-6-14(12-19(18)23-17-4-2-3-5-17)13-20-15-7-9-16(21)10-8-15/h6-12,17,20H,2-5,13H2,1H3. The fourth-order valence-electron chi connectivity index (χ4n) is 2.88. The summed E-state index contributed by atoms with van der Waals surface area (Å²) in [5.41, 5.74) is 1.35. The van der Waals surface area contributed by atoms with Crippen LogP contribution in [0.25, 0.3) is 0 Å². The van der Waals surface area contributed by atoms with Crippen LogP contribution in [0.3, 0.4) is 0 Å². The van der Waals surface area contributed by atoms with Crippen LogP contribution in [0.5, 0.6) is 11.5 Å². The Balaban J connectivity index is 1.67. The molecule has 1 aliphatic rings. The summed E-state index contributed by atoms with van der Waals surface area (Å²) >= 11 is 3.32. The zero-order valence-corrected chi connectivity index (χ0v) is 17.0. The molecule has 0 N–H and O–H groups in total. The number of halogens is 1. The van der Waals surface area contributed by atoms with Crippen LogP contribution in [-0.2, 0) is 5.21 Å². The average molecular weight is 437 g/mol. The molecule has 0 bridgehead atoms. The first-order valence-electron chi connectivity index (χ1n) is 8.07. The van der Waals surface area contributed by atoms with Crippen molar-refractivity contribution < 1.29 is 9.47 Å². The van der Waals surface area contributed by atoms with Gasteiger partial charge < -0.3 is 0 Å². The van der Waals surface area contributed by atoms with E-state index in [2.05, 4.69) is 52.3 Å². The van der Waals surface area contributed by atoms with Gasteiger partial charge in [-0.05, 0) is 0 Å². The maximum atomic E-state index is 6.19. The first kappa shape index (κ1) is 16.9. The fourth-order valence-corrected chi connectivity index (χ4v) is 5.31. The molecule has 122 valence electrons. The SMILES string of the molecule is COc1ccc(C[AsH]c2ccc(Br)cc2)cc1OC1CCCC1. The van der Waals surface area contributed by atoms with Crippen LogP contribution in [-0.4, -0.2) is 29.0 Å². The molecule has 0 amide bonds. The minimum atomic E-state index is -0.169. The quantitative estimate of drug-likeness (QED) is 0.636. The van der Waals surface area contributed by atoms with Gasteiger partial charge in [-0.2, -0.15) is 0 Å². The van der Waals surface area contributed by atoms with Crippen molar-refractivity contribution in [2.75, 3.05) is 7.11 Å². The molecule has 1 aliphatic carbocycles. The third-order valence-electron chi connectivity index (χ3n) is 4.16. The first-order valence-corrected chi connectivity index (χ1v) is 11.4. The Bertz CT molecular complexity index is 636. The Morgan fingerprint density at radius 1 is 1.04 bits per heavy atom. The van der Waals surface area contributed by atoms with E-state index < -0.39 is 0 Å². The summed E-state index contributed by atoms with van der Waals surface area (Å²) in [6, 6.07) is 15.1. The molecule has 0 radical (unpaired) electrons. The van der Waals surface area contributed by atoms with Crippen molar-refractivity contribution in [3.05, 3.63) is 52.5 Å². The van der Waals surface area contributed by atoms with Crippen LogP contribution >= 0.6 is 15.9 Å². The molecule has 3 rings (SSSR count). The molecule has 1 fully saturated rings. The van der Waals surface area contributed by atoms with Crippen LogP contribution < -0.4 is 13.8 Å². The van der Waals surface area contributed by atoms with Crippen LogP contribution in [0, 0.1) is 0 Å². The van der Waals surface area contributed by atoms with E-state index in [0.717, 1.165) is 21.2 Å². The monoisotopic (exact) mass is 436 g/mol. The predicted molar refractivity (Wildman–Crippen MR) is 101 cm³/mol. The van der Waals surface area contributed by atoms with Crippen molar-refractivity contribution in [2.24, 2.45) is 0 Å². The van der Waals surface area contributed by atoms with Gasteiger partial charge in [0.25, 0.3) is 0 Å². The van der Waals surface area contributed by atoms with Crippen molar-refractivity contribution >= 4 is 36.0 Å². The topological polar surface area (TPSA) is 18.5 Å². The summed E-state index contributed by atoms with van der Waals surface area (Å²) in [7, 11) is 1.71. The van der Waals surface area contributed by atoms with Gasteiger partial charge in [0.15, 0.2) is 0 Å². The predicted octanol–water partition coefficient (Wildman–Crippen LogP) is 4.04. The molecule has 0 spiro atoms. The third-order valence-corrected chi connectivity index (χ3v) is 7.48. The summed E-state index contributed by atoms with van der Waals surface area (Å²) in [6.45, 7) is 0. The Hall–Kier alpha value is -0.922. The van der Waals surface area contributed by atoms with Gasteiger partial charge in [-0.3, -0.25) is 0 Å². The van der Waals surface area contributed by atoms with Gasteiger partial charge >= 0.3 is 154 Å². The molecule has 4 heteroatoms. The van der Waals surface area contributed by atoms with Gasteiger partial charge in [0.1, 0.15) is 0 Å². The van der Waals surface area contributed by atoms with E-state index in [1.807, 2.05) is 6.07 Å². The Labute approximate surface area is 153 Å². The number of ether oxygens (including phenoxy) is 2. The van der Waals surface area contributed by atoms with Crippen molar-refractivity contribution in [3.8, 4) is 11.5 Å². The summed E-state index contributed by atoms with van der Waals surface area (Å²) in [4.78, 5) is 0. The number of hydrogen-bond donors (Lipinski definition) is 0. The van der Waals surface area contributed by atoms with E-state index in [9.17, 15) is 0 Å². The van der Waals surface area contributed by atoms with Crippen LogP contribution in [0.15, 0.2) is 46.9 Å². The molecule has 0 heterocycles. The van der Waals surface area contributed by atoms with Gasteiger partial charge in [-0.1, -0.05) is 0 Å². The van der Waals surface area contributed by atoms with Crippen LogP contribution in [0.2, 0.25) is 0 Å². The zero-order chi connectivity index (χ0) is 16.1. The molecule has 0 aliphatic heterocycles. The molecular weight excluding hydrogens is 415 g/mol. The normalized spacial score (nSPS) is 15.4. The molecule has 1 unspecified atom stereocenters. The van der Waals surface area contributed by atoms with Gasteiger partial charge in [-0.15, -0.1) is 0 Å². The molecule has 2 aromatic carbocycles. The third kappa shape index (κ3) is 4.78. The summed E-state index contributed by atoms with van der Waals surface area (Å²) in [6.07, 6.45) is 5.26. The first-order chi connectivity index (χ1) is 11.2. The van der Waals surface area contributed by atoms with Gasteiger partial charge in [-0.25, -0.2) is 0 Å². The number of rotatable bonds is 6. The second kappa shape index (κ2) is 8.26. The van der Waals surface area contributed by atoms with Gasteiger partial charge in [0.2, 0.25) is 0 Å². The second-order valence-corrected chi connectivity index (χ2v) is 9.48. The number of methoxy groups -OCH3 is 1. The number of hydrogen-bond acceptors (Lipinski definition) is 2. The van der Waals surface area contributed by atoms with Crippen LogP contribution in [0.1, 0.15) is 31.2 Å². The molecule has 2 aromatic rings. The summed E-state index contributed by atoms with van der Waals surface area (Å²) in [5, 5.41) is 1.13. The van der Waals surface area contributed by atoms with E-state index in [-0.39, 0.29) is 15.8 Å². The van der Waals surface area contributed by atoms with E-state index in [1.54, 1.807) is 7.11 Å². The van der Waals surface area contributed by atoms with Crippen LogP contribution in [0.4, 0.5) is 0 Å². The molecule has 1 atom stereocenters. The molecule has 2 nitrogen and oxygen atoms in total. The fraction of sp³-hybridized carbons (Fsp3) is 0.368. The van der Waals surface area contributed by atoms with E-state index in [1.165, 1.54) is 35.6 Å². The second-order valence-electron chi connectivity index (χ2n) is 5.87.